The van der Waals surface area contributed by atoms with Crippen LogP contribution in [0, 0.1) is 6.92 Å². The fourth-order valence-electron chi connectivity index (χ4n) is 2.16. The number of hydrogen-bond acceptors (Lipinski definition) is 4. The summed E-state index contributed by atoms with van der Waals surface area (Å²) in [7, 11) is 0. The summed E-state index contributed by atoms with van der Waals surface area (Å²) in [6.45, 7) is 3.51. The fraction of sp³-hybridized carbons (Fsp3) is 0.263. The molecule has 0 saturated carbocycles. The number of ether oxygens (including phenoxy) is 2. The van der Waals surface area contributed by atoms with Crippen molar-refractivity contribution in [3.05, 3.63) is 57.0 Å². The molecule has 0 fully saturated rings. The summed E-state index contributed by atoms with van der Waals surface area (Å²) in [5.74, 6) is -0.419. The van der Waals surface area contributed by atoms with Crippen LogP contribution in [0.4, 0.5) is 5.69 Å². The van der Waals surface area contributed by atoms with Gasteiger partial charge in [-0.25, -0.2) is 0 Å². The number of anilines is 1. The summed E-state index contributed by atoms with van der Waals surface area (Å²) in [5.41, 5.74) is 1.17. The first-order chi connectivity index (χ1) is 12.8. The molecule has 27 heavy (non-hydrogen) atoms. The molecule has 8 heteroatoms. The minimum absolute atomic E-state index is 0.00834. The molecule has 0 aromatic heterocycles. The molecule has 0 radical (unpaired) electrons. The standard InChI is InChI=1S/C19H18Cl3NO4/c1-11-5-3-4-6-16(11)26-8-7-17(24)27-12(2)19(25)23-18-14(21)9-13(20)10-15(18)22/h3-6,9-10,12H,7-8H2,1-2H3,(H,23,25). The number of esters is 1. The summed E-state index contributed by atoms with van der Waals surface area (Å²) in [6, 6.07) is 10.4. The predicted molar refractivity (Wildman–Crippen MR) is 107 cm³/mol. The number of aryl methyl sites for hydroxylation is 1. The zero-order chi connectivity index (χ0) is 20.0. The number of amides is 1. The van der Waals surface area contributed by atoms with Crippen molar-refractivity contribution >= 4 is 52.4 Å². The van der Waals surface area contributed by atoms with Crippen LogP contribution in [-0.4, -0.2) is 24.6 Å². The lowest BCUT2D eigenvalue weighted by Gasteiger charge is -2.15. The second-order valence-corrected chi connectivity index (χ2v) is 6.98. The Morgan fingerprint density at radius 3 is 2.37 bits per heavy atom. The van der Waals surface area contributed by atoms with Crippen molar-refractivity contribution in [2.75, 3.05) is 11.9 Å². The number of halogens is 3. The summed E-state index contributed by atoms with van der Waals surface area (Å²) in [5, 5.41) is 3.25. The summed E-state index contributed by atoms with van der Waals surface area (Å²) >= 11 is 17.9. The first kappa shape index (κ1) is 21.4. The Kier molecular flexibility index (Phi) is 7.78. The van der Waals surface area contributed by atoms with E-state index in [0.29, 0.717) is 10.8 Å². The Hall–Kier alpha value is -1.95. The van der Waals surface area contributed by atoms with Crippen molar-refractivity contribution in [2.45, 2.75) is 26.4 Å². The number of nitrogens with one attached hydrogen (secondary N) is 1. The molecule has 0 aliphatic heterocycles. The third kappa shape index (κ3) is 6.31. The van der Waals surface area contributed by atoms with Crippen LogP contribution in [-0.2, 0) is 14.3 Å². The monoisotopic (exact) mass is 429 g/mol. The molecule has 2 aromatic rings. The van der Waals surface area contributed by atoms with E-state index in [1.165, 1.54) is 19.1 Å². The summed E-state index contributed by atoms with van der Waals surface area (Å²) in [4.78, 5) is 24.1. The molecule has 2 rings (SSSR count). The quantitative estimate of drug-likeness (QED) is 0.606. The SMILES string of the molecule is Cc1ccccc1OCCC(=O)OC(C)C(=O)Nc1c(Cl)cc(Cl)cc1Cl. The molecule has 1 amide bonds. The van der Waals surface area contributed by atoms with E-state index in [-0.39, 0.29) is 28.8 Å². The molecular weight excluding hydrogens is 413 g/mol. The topological polar surface area (TPSA) is 64.6 Å². The normalized spacial score (nSPS) is 11.6. The second kappa shape index (κ2) is 9.83. The van der Waals surface area contributed by atoms with Gasteiger partial charge < -0.3 is 14.8 Å². The third-order valence-electron chi connectivity index (χ3n) is 3.59. The van der Waals surface area contributed by atoms with Gasteiger partial charge >= 0.3 is 5.97 Å². The zero-order valence-electron chi connectivity index (χ0n) is 14.7. The molecule has 0 bridgehead atoms. The smallest absolute Gasteiger partial charge is 0.310 e. The number of benzene rings is 2. The van der Waals surface area contributed by atoms with Gasteiger partial charge in [-0.15, -0.1) is 0 Å². The highest BCUT2D eigenvalue weighted by Crippen LogP contribution is 2.33. The van der Waals surface area contributed by atoms with Crippen molar-refractivity contribution in [2.24, 2.45) is 0 Å². The van der Waals surface area contributed by atoms with E-state index < -0.39 is 18.0 Å². The van der Waals surface area contributed by atoms with Gasteiger partial charge in [-0.05, 0) is 37.6 Å². The van der Waals surface area contributed by atoms with Crippen LogP contribution >= 0.6 is 34.8 Å². The second-order valence-electron chi connectivity index (χ2n) is 5.73. The van der Waals surface area contributed by atoms with E-state index in [1.807, 2.05) is 31.2 Å². The Bertz CT molecular complexity index is 818. The number of carbonyl (C=O) groups excluding carboxylic acids is 2. The first-order valence-electron chi connectivity index (χ1n) is 8.11. The van der Waals surface area contributed by atoms with Gasteiger partial charge in [0.1, 0.15) is 5.75 Å². The maximum absolute atomic E-state index is 12.2. The van der Waals surface area contributed by atoms with Crippen LogP contribution < -0.4 is 10.1 Å². The molecule has 0 heterocycles. The van der Waals surface area contributed by atoms with E-state index in [2.05, 4.69) is 5.32 Å². The van der Waals surface area contributed by atoms with Gasteiger partial charge in [0.15, 0.2) is 6.10 Å². The molecule has 1 unspecified atom stereocenters. The number of carbonyl (C=O) groups is 2. The van der Waals surface area contributed by atoms with Crippen molar-refractivity contribution < 1.29 is 19.1 Å². The lowest BCUT2D eigenvalue weighted by molar-refractivity contribution is -0.153. The van der Waals surface area contributed by atoms with Gasteiger partial charge in [0.05, 0.1) is 28.8 Å². The third-order valence-corrected chi connectivity index (χ3v) is 4.40. The Morgan fingerprint density at radius 2 is 1.74 bits per heavy atom. The van der Waals surface area contributed by atoms with Crippen LogP contribution in [0.25, 0.3) is 0 Å². The average Bonchev–Trinajstić information content (AvgIpc) is 2.59. The van der Waals surface area contributed by atoms with Gasteiger partial charge in [-0.3, -0.25) is 9.59 Å². The van der Waals surface area contributed by atoms with Crippen LogP contribution in [0.5, 0.6) is 5.75 Å². The molecule has 2 aromatic carbocycles. The highest BCUT2D eigenvalue weighted by Gasteiger charge is 2.20. The molecule has 144 valence electrons. The molecule has 0 spiro atoms. The van der Waals surface area contributed by atoms with Gasteiger partial charge in [0.25, 0.3) is 5.91 Å². The van der Waals surface area contributed by atoms with Crippen molar-refractivity contribution in [3.8, 4) is 5.75 Å². The Labute approximate surface area is 172 Å². The van der Waals surface area contributed by atoms with E-state index in [4.69, 9.17) is 44.3 Å². The fourth-order valence-corrected chi connectivity index (χ4v) is 3.07. The summed E-state index contributed by atoms with van der Waals surface area (Å²) in [6.07, 6.45) is -1.02. The van der Waals surface area contributed by atoms with E-state index in [1.54, 1.807) is 0 Å². The Morgan fingerprint density at radius 1 is 1.11 bits per heavy atom. The minimum Gasteiger partial charge on any atom is -0.493 e. The Balaban J connectivity index is 1.83. The van der Waals surface area contributed by atoms with Gasteiger partial charge in [-0.1, -0.05) is 53.0 Å². The van der Waals surface area contributed by atoms with Crippen LogP contribution in [0.2, 0.25) is 15.1 Å². The lowest BCUT2D eigenvalue weighted by atomic mass is 10.2. The van der Waals surface area contributed by atoms with E-state index >= 15 is 0 Å². The molecule has 1 N–H and O–H groups in total. The number of para-hydroxylation sites is 1. The lowest BCUT2D eigenvalue weighted by Crippen LogP contribution is -2.30. The van der Waals surface area contributed by atoms with Crippen molar-refractivity contribution in [3.63, 3.8) is 0 Å². The number of hydrogen-bond donors (Lipinski definition) is 1. The highest BCUT2D eigenvalue weighted by molar-refractivity contribution is 6.42. The van der Waals surface area contributed by atoms with Gasteiger partial charge in [-0.2, -0.15) is 0 Å². The molecule has 5 nitrogen and oxygen atoms in total. The van der Waals surface area contributed by atoms with E-state index in [9.17, 15) is 9.59 Å². The predicted octanol–water partition coefficient (Wildman–Crippen LogP) is 5.29. The molecule has 0 aliphatic carbocycles. The number of rotatable bonds is 7. The highest BCUT2D eigenvalue weighted by atomic mass is 35.5. The molecular formula is C19H18Cl3NO4. The summed E-state index contributed by atoms with van der Waals surface area (Å²) < 4.78 is 10.7. The molecule has 0 aliphatic rings. The van der Waals surface area contributed by atoms with E-state index in [0.717, 1.165) is 5.56 Å². The van der Waals surface area contributed by atoms with Crippen LogP contribution in [0.3, 0.4) is 0 Å². The maximum Gasteiger partial charge on any atom is 0.310 e. The van der Waals surface area contributed by atoms with Crippen molar-refractivity contribution in [1.82, 2.24) is 0 Å². The molecule has 0 saturated heterocycles. The van der Waals surface area contributed by atoms with Crippen molar-refractivity contribution in [1.29, 1.82) is 0 Å². The minimum atomic E-state index is -1.03. The largest absolute Gasteiger partial charge is 0.493 e. The molecule has 1 atom stereocenters. The van der Waals surface area contributed by atoms with Gasteiger partial charge in [0.2, 0.25) is 0 Å². The maximum atomic E-state index is 12.2. The van der Waals surface area contributed by atoms with Gasteiger partial charge in [0, 0.05) is 5.02 Å². The van der Waals surface area contributed by atoms with Crippen LogP contribution in [0.1, 0.15) is 18.9 Å². The van der Waals surface area contributed by atoms with Crippen LogP contribution in [0.15, 0.2) is 36.4 Å². The first-order valence-corrected chi connectivity index (χ1v) is 9.24. The average molecular weight is 431 g/mol. The zero-order valence-corrected chi connectivity index (χ0v) is 17.0.